The Labute approximate surface area is 136 Å². The Morgan fingerprint density at radius 3 is 2.57 bits per heavy atom. The van der Waals surface area contributed by atoms with Crippen LogP contribution in [0.15, 0.2) is 50.7 Å². The van der Waals surface area contributed by atoms with E-state index in [-0.39, 0.29) is 0 Å². The zero-order chi connectivity index (χ0) is 15.4. The fourth-order valence-electron chi connectivity index (χ4n) is 1.76. The first-order chi connectivity index (χ1) is 9.95. The third-order valence-corrected chi connectivity index (χ3v) is 4.47. The second-order valence-corrected chi connectivity index (χ2v) is 6.96. The maximum atomic E-state index is 13.8. The van der Waals surface area contributed by atoms with Gasteiger partial charge in [-0.2, -0.15) is 0 Å². The maximum absolute atomic E-state index is 13.8. The first-order valence-corrected chi connectivity index (χ1v) is 8.21. The SMILES string of the molecule is CC(C)NCc1ccc(Br)cc1Sc1cc(F)ccc1F. The Kier molecular flexibility index (Phi) is 5.79. The van der Waals surface area contributed by atoms with Crippen LogP contribution in [-0.2, 0) is 6.54 Å². The van der Waals surface area contributed by atoms with Crippen LogP contribution in [0.2, 0.25) is 0 Å². The average Bonchev–Trinajstić information content (AvgIpc) is 2.42. The second kappa shape index (κ2) is 7.38. The van der Waals surface area contributed by atoms with Crippen molar-refractivity contribution in [3.8, 4) is 0 Å². The topological polar surface area (TPSA) is 12.0 Å². The van der Waals surface area contributed by atoms with Crippen LogP contribution in [0.5, 0.6) is 0 Å². The number of benzene rings is 2. The van der Waals surface area contributed by atoms with Gasteiger partial charge in [0.05, 0.1) is 4.90 Å². The van der Waals surface area contributed by atoms with Crippen LogP contribution in [0.25, 0.3) is 0 Å². The minimum absolute atomic E-state index is 0.291. The van der Waals surface area contributed by atoms with Gasteiger partial charge in [-0.15, -0.1) is 0 Å². The molecular formula is C16H16BrF2NS. The quantitative estimate of drug-likeness (QED) is 0.757. The highest BCUT2D eigenvalue weighted by Crippen LogP contribution is 2.34. The molecule has 0 heterocycles. The molecule has 5 heteroatoms. The Balaban J connectivity index is 2.29. The van der Waals surface area contributed by atoms with Crippen LogP contribution >= 0.6 is 27.7 Å². The lowest BCUT2D eigenvalue weighted by molar-refractivity contribution is 0.576. The van der Waals surface area contributed by atoms with Gasteiger partial charge in [-0.3, -0.25) is 0 Å². The molecule has 0 atom stereocenters. The first-order valence-electron chi connectivity index (χ1n) is 6.60. The van der Waals surface area contributed by atoms with Crippen LogP contribution < -0.4 is 5.32 Å². The third kappa shape index (κ3) is 4.80. The predicted octanol–water partition coefficient (Wildman–Crippen LogP) is 5.38. The minimum Gasteiger partial charge on any atom is -0.310 e. The van der Waals surface area contributed by atoms with Crippen molar-refractivity contribution in [3.63, 3.8) is 0 Å². The standard InChI is InChI=1S/C16H16BrF2NS/c1-10(2)20-9-11-3-4-12(17)7-15(11)21-16-8-13(18)5-6-14(16)19/h3-8,10,20H,9H2,1-2H3. The molecule has 0 aliphatic carbocycles. The van der Waals surface area contributed by atoms with Crippen LogP contribution in [0.3, 0.4) is 0 Å². The zero-order valence-electron chi connectivity index (χ0n) is 11.8. The summed E-state index contributed by atoms with van der Waals surface area (Å²) in [5, 5.41) is 3.34. The van der Waals surface area contributed by atoms with E-state index >= 15 is 0 Å². The van der Waals surface area contributed by atoms with Crippen LogP contribution in [-0.4, -0.2) is 6.04 Å². The lowest BCUT2D eigenvalue weighted by Crippen LogP contribution is -2.22. The molecule has 0 aromatic heterocycles. The fraction of sp³-hybridized carbons (Fsp3) is 0.250. The summed E-state index contributed by atoms with van der Waals surface area (Å²) in [6.07, 6.45) is 0. The molecule has 1 N–H and O–H groups in total. The average molecular weight is 372 g/mol. The van der Waals surface area contributed by atoms with E-state index in [4.69, 9.17) is 0 Å². The number of halogens is 3. The van der Waals surface area contributed by atoms with Crippen molar-refractivity contribution in [1.29, 1.82) is 0 Å². The van der Waals surface area contributed by atoms with Gasteiger partial charge in [0.2, 0.25) is 0 Å². The van der Waals surface area contributed by atoms with Crippen LogP contribution in [0, 0.1) is 11.6 Å². The first kappa shape index (κ1) is 16.5. The Hall–Kier alpha value is -0.910. The molecule has 0 aliphatic rings. The summed E-state index contributed by atoms with van der Waals surface area (Å²) in [5.41, 5.74) is 1.06. The summed E-state index contributed by atoms with van der Waals surface area (Å²) in [7, 11) is 0. The van der Waals surface area contributed by atoms with Gasteiger partial charge in [-0.25, -0.2) is 8.78 Å². The molecular weight excluding hydrogens is 356 g/mol. The van der Waals surface area contributed by atoms with Crippen molar-refractivity contribution in [2.75, 3.05) is 0 Å². The molecule has 0 spiro atoms. The summed E-state index contributed by atoms with van der Waals surface area (Å²) in [5.74, 6) is -0.847. The predicted molar refractivity (Wildman–Crippen MR) is 86.6 cm³/mol. The summed E-state index contributed by atoms with van der Waals surface area (Å²) in [6.45, 7) is 4.82. The highest BCUT2D eigenvalue weighted by Gasteiger charge is 2.10. The third-order valence-electron chi connectivity index (χ3n) is 2.84. The molecule has 0 amide bonds. The molecule has 2 aromatic rings. The van der Waals surface area contributed by atoms with Crippen molar-refractivity contribution in [1.82, 2.24) is 5.32 Å². The van der Waals surface area contributed by atoms with Crippen molar-refractivity contribution in [2.45, 2.75) is 36.2 Å². The van der Waals surface area contributed by atoms with Gasteiger partial charge in [-0.05, 0) is 35.9 Å². The van der Waals surface area contributed by atoms with Gasteiger partial charge >= 0.3 is 0 Å². The summed E-state index contributed by atoms with van der Waals surface area (Å²) in [4.78, 5) is 1.20. The van der Waals surface area contributed by atoms with Crippen LogP contribution in [0.4, 0.5) is 8.78 Å². The number of hydrogen-bond acceptors (Lipinski definition) is 2. The molecule has 0 fully saturated rings. The monoisotopic (exact) mass is 371 g/mol. The van der Waals surface area contributed by atoms with Crippen molar-refractivity contribution < 1.29 is 8.78 Å². The number of nitrogens with one attached hydrogen (secondary N) is 1. The van der Waals surface area contributed by atoms with E-state index in [9.17, 15) is 8.78 Å². The van der Waals surface area contributed by atoms with E-state index in [2.05, 4.69) is 35.1 Å². The number of rotatable bonds is 5. The maximum Gasteiger partial charge on any atom is 0.137 e. The van der Waals surface area contributed by atoms with Crippen molar-refractivity contribution in [3.05, 3.63) is 58.1 Å². The smallest absolute Gasteiger partial charge is 0.137 e. The molecule has 0 unspecified atom stereocenters. The highest BCUT2D eigenvalue weighted by molar-refractivity contribution is 9.10. The normalized spacial score (nSPS) is 11.1. The summed E-state index contributed by atoms with van der Waals surface area (Å²) in [6, 6.07) is 9.72. The number of hydrogen-bond donors (Lipinski definition) is 1. The molecule has 112 valence electrons. The molecule has 2 aromatic carbocycles. The highest BCUT2D eigenvalue weighted by atomic mass is 79.9. The van der Waals surface area contributed by atoms with Gasteiger partial charge in [0, 0.05) is 22.0 Å². The fourth-order valence-corrected chi connectivity index (χ4v) is 3.30. The zero-order valence-corrected chi connectivity index (χ0v) is 14.2. The Morgan fingerprint density at radius 2 is 1.86 bits per heavy atom. The lowest BCUT2D eigenvalue weighted by Gasteiger charge is -2.13. The summed E-state index contributed by atoms with van der Waals surface area (Å²) >= 11 is 4.66. The van der Waals surface area contributed by atoms with Crippen molar-refractivity contribution >= 4 is 27.7 Å². The molecule has 0 saturated carbocycles. The molecule has 2 rings (SSSR count). The van der Waals surface area contributed by atoms with Crippen molar-refractivity contribution in [2.24, 2.45) is 0 Å². The Bertz CT molecular complexity index is 632. The summed E-state index contributed by atoms with van der Waals surface area (Å²) < 4.78 is 28.0. The van der Waals surface area contributed by atoms with E-state index in [0.29, 0.717) is 17.5 Å². The lowest BCUT2D eigenvalue weighted by atomic mass is 10.2. The van der Waals surface area contributed by atoms with Gasteiger partial charge in [-0.1, -0.05) is 47.6 Å². The molecule has 0 aliphatic heterocycles. The molecule has 0 saturated heterocycles. The molecule has 0 radical (unpaired) electrons. The minimum atomic E-state index is -0.434. The van der Waals surface area contributed by atoms with E-state index < -0.39 is 11.6 Å². The van der Waals surface area contributed by atoms with Crippen LogP contribution in [0.1, 0.15) is 19.4 Å². The second-order valence-electron chi connectivity index (χ2n) is 4.96. The Morgan fingerprint density at radius 1 is 1.10 bits per heavy atom. The van der Waals surface area contributed by atoms with E-state index in [1.165, 1.54) is 17.8 Å². The molecule has 1 nitrogen and oxygen atoms in total. The van der Waals surface area contributed by atoms with Gasteiger partial charge in [0.25, 0.3) is 0 Å². The van der Waals surface area contributed by atoms with Gasteiger partial charge in [0.15, 0.2) is 0 Å². The largest absolute Gasteiger partial charge is 0.310 e. The molecule has 0 bridgehead atoms. The van der Waals surface area contributed by atoms with E-state index in [1.807, 2.05) is 18.2 Å². The van der Waals surface area contributed by atoms with Gasteiger partial charge in [0.1, 0.15) is 11.6 Å². The molecule has 21 heavy (non-hydrogen) atoms. The van der Waals surface area contributed by atoms with E-state index in [1.54, 1.807) is 0 Å². The van der Waals surface area contributed by atoms with Gasteiger partial charge < -0.3 is 5.32 Å². The van der Waals surface area contributed by atoms with E-state index in [0.717, 1.165) is 27.1 Å².